The molecule has 4 heterocycles. The number of para-hydroxylation sites is 1. The van der Waals surface area contributed by atoms with Crippen molar-refractivity contribution in [3.8, 4) is 34.6 Å². The fourth-order valence-corrected chi connectivity index (χ4v) is 5.43. The number of aromatic nitrogens is 7. The zero-order valence-corrected chi connectivity index (χ0v) is 23.3. The third-order valence-corrected chi connectivity index (χ3v) is 7.36. The van der Waals surface area contributed by atoms with E-state index in [1.54, 1.807) is 61.3 Å². The Labute approximate surface area is 234 Å². The van der Waals surface area contributed by atoms with Gasteiger partial charge >= 0.3 is 0 Å². The van der Waals surface area contributed by atoms with Gasteiger partial charge in [-0.3, -0.25) is 4.57 Å². The van der Waals surface area contributed by atoms with Gasteiger partial charge in [0, 0.05) is 18.5 Å². The fourth-order valence-electron chi connectivity index (χ4n) is 4.10. The quantitative estimate of drug-likeness (QED) is 0.237. The second-order valence-electron chi connectivity index (χ2n) is 8.47. The van der Waals surface area contributed by atoms with Gasteiger partial charge in [0.1, 0.15) is 34.5 Å². The van der Waals surface area contributed by atoms with Crippen molar-refractivity contribution in [3.05, 3.63) is 71.4 Å². The molecule has 0 radical (unpaired) electrons. The van der Waals surface area contributed by atoms with Crippen LogP contribution >= 0.6 is 11.6 Å². The van der Waals surface area contributed by atoms with Gasteiger partial charge in [0.2, 0.25) is 11.5 Å². The number of hydrogen-bond acceptors (Lipinski definition) is 11. The summed E-state index contributed by atoms with van der Waals surface area (Å²) in [6.45, 7) is 2.31. The number of rotatable bonds is 10. The first-order valence-corrected chi connectivity index (χ1v) is 14.2. The first-order valence-electron chi connectivity index (χ1n) is 12.1. The van der Waals surface area contributed by atoms with Crippen LogP contribution in [-0.4, -0.2) is 63.9 Å². The molecule has 0 aliphatic rings. The van der Waals surface area contributed by atoms with Crippen LogP contribution in [0.4, 0.5) is 0 Å². The summed E-state index contributed by atoms with van der Waals surface area (Å²) >= 11 is 5.82. The van der Waals surface area contributed by atoms with Gasteiger partial charge in [-0.1, -0.05) is 23.7 Å². The van der Waals surface area contributed by atoms with Crippen molar-refractivity contribution in [3.63, 3.8) is 0 Å². The standard InChI is InChI=1S/C26H24ClN7O5S/c1-4-39-23-10-5-7-18(30-23)26-31-25-19(34(26)24-20(37-2)8-6-9-21(24)38-3)11-17(32-33-25)14-40(35,36)15-22-28-12-16(27)13-29-22/h5-13H,4,14-15H2,1-3H3. The number of pyridine rings is 1. The SMILES string of the molecule is CCOc1cccc(-c2nc3nnc(CS(=O)(=O)Cc4ncc(Cl)cn4)cc3n2-c2c(OC)cccc2OC)n1. The molecule has 0 saturated heterocycles. The molecular weight excluding hydrogens is 558 g/mol. The van der Waals surface area contributed by atoms with Crippen LogP contribution in [0.2, 0.25) is 5.02 Å². The highest BCUT2D eigenvalue weighted by Gasteiger charge is 2.24. The van der Waals surface area contributed by atoms with Crippen molar-refractivity contribution in [1.82, 2.24) is 34.7 Å². The van der Waals surface area contributed by atoms with E-state index in [4.69, 9.17) is 30.8 Å². The maximum Gasteiger partial charge on any atom is 0.213 e. The molecule has 1 aromatic carbocycles. The van der Waals surface area contributed by atoms with Crippen LogP contribution in [-0.2, 0) is 21.3 Å². The molecule has 0 aliphatic heterocycles. The summed E-state index contributed by atoms with van der Waals surface area (Å²) in [5, 5.41) is 8.71. The number of halogens is 1. The molecule has 4 aromatic heterocycles. The average molecular weight is 582 g/mol. The third kappa shape index (κ3) is 5.65. The number of ether oxygens (including phenoxy) is 3. The summed E-state index contributed by atoms with van der Waals surface area (Å²) in [6, 6.07) is 12.3. The Balaban J connectivity index is 1.66. The van der Waals surface area contributed by atoms with Crippen LogP contribution in [0.1, 0.15) is 18.4 Å². The number of hydrogen-bond donors (Lipinski definition) is 0. The highest BCUT2D eigenvalue weighted by Crippen LogP contribution is 2.38. The first kappa shape index (κ1) is 27.2. The van der Waals surface area contributed by atoms with Gasteiger partial charge in [-0.15, -0.1) is 5.10 Å². The Morgan fingerprint density at radius 3 is 2.30 bits per heavy atom. The Hall–Kier alpha value is -4.36. The van der Waals surface area contributed by atoms with E-state index in [1.807, 2.05) is 6.92 Å². The van der Waals surface area contributed by atoms with Crippen molar-refractivity contribution in [2.45, 2.75) is 18.4 Å². The molecule has 0 fully saturated rings. The first-order chi connectivity index (χ1) is 19.3. The molecule has 12 nitrogen and oxygen atoms in total. The predicted octanol–water partition coefficient (Wildman–Crippen LogP) is 3.85. The summed E-state index contributed by atoms with van der Waals surface area (Å²) in [5.41, 5.74) is 1.98. The highest BCUT2D eigenvalue weighted by atomic mass is 35.5. The van der Waals surface area contributed by atoms with Gasteiger partial charge in [-0.05, 0) is 31.2 Å². The van der Waals surface area contributed by atoms with Crippen LogP contribution < -0.4 is 14.2 Å². The molecule has 206 valence electrons. The van der Waals surface area contributed by atoms with Crippen LogP contribution in [0.5, 0.6) is 17.4 Å². The lowest BCUT2D eigenvalue weighted by Gasteiger charge is -2.16. The third-order valence-electron chi connectivity index (χ3n) is 5.73. The number of imidazole rings is 1. The van der Waals surface area contributed by atoms with Gasteiger partial charge in [0.25, 0.3) is 0 Å². The van der Waals surface area contributed by atoms with Crippen LogP contribution in [0.15, 0.2) is 54.9 Å². The molecule has 5 rings (SSSR count). The van der Waals surface area contributed by atoms with Gasteiger partial charge in [-0.2, -0.15) is 5.10 Å². The van der Waals surface area contributed by atoms with Crippen LogP contribution in [0.3, 0.4) is 0 Å². The zero-order valence-electron chi connectivity index (χ0n) is 21.8. The van der Waals surface area contributed by atoms with Gasteiger partial charge in [0.15, 0.2) is 15.7 Å². The Bertz CT molecular complexity index is 1760. The topological polar surface area (TPSA) is 144 Å². The van der Waals surface area contributed by atoms with E-state index in [0.29, 0.717) is 51.7 Å². The second-order valence-corrected chi connectivity index (χ2v) is 11.0. The average Bonchev–Trinajstić information content (AvgIpc) is 3.32. The Morgan fingerprint density at radius 2 is 1.62 bits per heavy atom. The van der Waals surface area contributed by atoms with Crippen LogP contribution in [0.25, 0.3) is 28.4 Å². The van der Waals surface area contributed by atoms with Crippen molar-refractivity contribution in [2.24, 2.45) is 0 Å². The normalized spacial score (nSPS) is 11.5. The lowest BCUT2D eigenvalue weighted by molar-refractivity contribution is 0.327. The van der Waals surface area contributed by atoms with Crippen LogP contribution in [0, 0.1) is 0 Å². The molecule has 0 bridgehead atoms. The monoisotopic (exact) mass is 581 g/mol. The molecule has 14 heteroatoms. The smallest absolute Gasteiger partial charge is 0.213 e. The van der Waals surface area contributed by atoms with E-state index in [-0.39, 0.29) is 22.9 Å². The maximum absolute atomic E-state index is 13.0. The summed E-state index contributed by atoms with van der Waals surface area (Å²) < 4.78 is 44.7. The molecule has 0 aliphatic carbocycles. The molecule has 0 saturated carbocycles. The predicted molar refractivity (Wildman–Crippen MR) is 148 cm³/mol. The molecule has 40 heavy (non-hydrogen) atoms. The fraction of sp³-hybridized carbons (Fsp3) is 0.231. The van der Waals surface area contributed by atoms with Crippen molar-refractivity contribution < 1.29 is 22.6 Å². The molecule has 0 amide bonds. The molecule has 0 atom stereocenters. The molecule has 0 unspecified atom stereocenters. The summed E-state index contributed by atoms with van der Waals surface area (Å²) in [7, 11) is -0.621. The largest absolute Gasteiger partial charge is 0.494 e. The van der Waals surface area contributed by atoms with Gasteiger partial charge in [-0.25, -0.2) is 28.4 Å². The summed E-state index contributed by atoms with van der Waals surface area (Å²) in [5.74, 6) is 1.16. The van der Waals surface area contributed by atoms with E-state index < -0.39 is 15.6 Å². The molecule has 5 aromatic rings. The lowest BCUT2D eigenvalue weighted by atomic mass is 10.2. The van der Waals surface area contributed by atoms with Crippen molar-refractivity contribution in [2.75, 3.05) is 20.8 Å². The summed E-state index contributed by atoms with van der Waals surface area (Å²) in [6.07, 6.45) is 2.70. The summed E-state index contributed by atoms with van der Waals surface area (Å²) in [4.78, 5) is 17.3. The number of methoxy groups -OCH3 is 2. The lowest BCUT2D eigenvalue weighted by Crippen LogP contribution is -2.11. The van der Waals surface area contributed by atoms with E-state index in [2.05, 4.69) is 25.1 Å². The van der Waals surface area contributed by atoms with Crippen molar-refractivity contribution >= 4 is 32.6 Å². The Morgan fingerprint density at radius 1 is 0.925 bits per heavy atom. The minimum Gasteiger partial charge on any atom is -0.494 e. The van der Waals surface area contributed by atoms with E-state index >= 15 is 0 Å². The van der Waals surface area contributed by atoms with E-state index in [9.17, 15) is 8.42 Å². The highest BCUT2D eigenvalue weighted by molar-refractivity contribution is 7.89. The van der Waals surface area contributed by atoms with Gasteiger partial charge in [0.05, 0.1) is 42.8 Å². The van der Waals surface area contributed by atoms with E-state index in [0.717, 1.165) is 0 Å². The van der Waals surface area contributed by atoms with E-state index in [1.165, 1.54) is 12.4 Å². The zero-order chi connectivity index (χ0) is 28.3. The number of sulfone groups is 1. The van der Waals surface area contributed by atoms with Gasteiger partial charge < -0.3 is 14.2 Å². The number of benzene rings is 1. The maximum atomic E-state index is 13.0. The van der Waals surface area contributed by atoms with Crippen molar-refractivity contribution in [1.29, 1.82) is 0 Å². The minimum absolute atomic E-state index is 0.129. The molecule has 0 spiro atoms. The number of nitrogens with zero attached hydrogens (tertiary/aromatic N) is 7. The molecular formula is C26H24ClN7O5S. The minimum atomic E-state index is -3.71. The number of fused-ring (bicyclic) bond motifs is 1. The second kappa shape index (κ2) is 11.4. The Kier molecular flexibility index (Phi) is 7.76. The molecule has 0 N–H and O–H groups in total.